The molecule has 0 aliphatic carbocycles. The molecule has 0 radical (unpaired) electrons. The summed E-state index contributed by atoms with van der Waals surface area (Å²) in [4.78, 5) is 6.40. The quantitative estimate of drug-likeness (QED) is 0.789. The van der Waals surface area contributed by atoms with Gasteiger partial charge < -0.3 is 9.32 Å². The SMILES string of the molecule is Cc1cc(N(C)Cc2ccc(C)o2)c(CCl)cn1. The number of hydrogen-bond donors (Lipinski definition) is 0. The maximum absolute atomic E-state index is 5.95. The summed E-state index contributed by atoms with van der Waals surface area (Å²) in [5.74, 6) is 2.34. The molecule has 0 fully saturated rings. The lowest BCUT2D eigenvalue weighted by molar-refractivity contribution is 0.481. The highest BCUT2D eigenvalue weighted by atomic mass is 35.5. The molecule has 0 saturated carbocycles. The van der Waals surface area contributed by atoms with Crippen LogP contribution >= 0.6 is 11.6 Å². The van der Waals surface area contributed by atoms with Gasteiger partial charge in [-0.3, -0.25) is 4.98 Å². The lowest BCUT2D eigenvalue weighted by Crippen LogP contribution is -2.17. The van der Waals surface area contributed by atoms with Crippen molar-refractivity contribution in [3.8, 4) is 0 Å². The molecular formula is C14H17ClN2O. The molecular weight excluding hydrogens is 248 g/mol. The van der Waals surface area contributed by atoms with Crippen molar-refractivity contribution in [3.63, 3.8) is 0 Å². The Morgan fingerprint density at radius 1 is 1.33 bits per heavy atom. The van der Waals surface area contributed by atoms with Gasteiger partial charge in [0.2, 0.25) is 0 Å². The maximum Gasteiger partial charge on any atom is 0.123 e. The number of nitrogens with zero attached hydrogens (tertiary/aromatic N) is 2. The van der Waals surface area contributed by atoms with Gasteiger partial charge in [-0.25, -0.2) is 0 Å². The first kappa shape index (κ1) is 13.0. The van der Waals surface area contributed by atoms with Crippen LogP contribution in [0.1, 0.15) is 22.8 Å². The van der Waals surface area contributed by atoms with Crippen molar-refractivity contribution in [1.29, 1.82) is 0 Å². The van der Waals surface area contributed by atoms with Crippen LogP contribution in [0, 0.1) is 13.8 Å². The number of aryl methyl sites for hydroxylation is 2. The Hall–Kier alpha value is -1.48. The summed E-state index contributed by atoms with van der Waals surface area (Å²) >= 11 is 5.95. The van der Waals surface area contributed by atoms with Gasteiger partial charge in [-0.15, -0.1) is 11.6 Å². The summed E-state index contributed by atoms with van der Waals surface area (Å²) in [5, 5.41) is 0. The van der Waals surface area contributed by atoms with E-state index in [1.807, 2.05) is 45.3 Å². The topological polar surface area (TPSA) is 29.3 Å². The monoisotopic (exact) mass is 264 g/mol. The van der Waals surface area contributed by atoms with Gasteiger partial charge >= 0.3 is 0 Å². The van der Waals surface area contributed by atoms with E-state index in [0.717, 1.165) is 35.0 Å². The van der Waals surface area contributed by atoms with Gasteiger partial charge in [0.1, 0.15) is 11.5 Å². The first-order valence-electron chi connectivity index (χ1n) is 5.88. The van der Waals surface area contributed by atoms with E-state index < -0.39 is 0 Å². The fourth-order valence-electron chi connectivity index (χ4n) is 1.92. The Bertz CT molecular complexity index is 536. The number of rotatable bonds is 4. The normalized spacial score (nSPS) is 10.7. The standard InChI is InChI=1S/C14H17ClN2O/c1-10-6-14(12(7-15)8-16-10)17(3)9-13-5-4-11(2)18-13/h4-6,8H,7,9H2,1-3H3. The van der Waals surface area contributed by atoms with Gasteiger partial charge in [0.15, 0.2) is 0 Å². The lowest BCUT2D eigenvalue weighted by atomic mass is 10.2. The summed E-state index contributed by atoms with van der Waals surface area (Å²) in [6.45, 7) is 4.65. The van der Waals surface area contributed by atoms with E-state index >= 15 is 0 Å². The minimum Gasteiger partial charge on any atom is -0.464 e. The van der Waals surface area contributed by atoms with Crippen LogP contribution in [0.15, 0.2) is 28.8 Å². The van der Waals surface area contributed by atoms with Gasteiger partial charge in [-0.05, 0) is 32.0 Å². The first-order valence-corrected chi connectivity index (χ1v) is 6.41. The first-order chi connectivity index (χ1) is 8.60. The number of aromatic nitrogens is 1. The number of alkyl halides is 1. The van der Waals surface area contributed by atoms with Crippen molar-refractivity contribution >= 4 is 17.3 Å². The van der Waals surface area contributed by atoms with Crippen molar-refractivity contribution < 1.29 is 4.42 Å². The zero-order valence-corrected chi connectivity index (χ0v) is 11.7. The molecule has 0 unspecified atom stereocenters. The Morgan fingerprint density at radius 3 is 2.72 bits per heavy atom. The maximum atomic E-state index is 5.95. The van der Waals surface area contributed by atoms with E-state index in [1.54, 1.807) is 0 Å². The second-order valence-electron chi connectivity index (χ2n) is 4.46. The predicted molar refractivity (Wildman–Crippen MR) is 74.1 cm³/mol. The third kappa shape index (κ3) is 2.85. The summed E-state index contributed by atoms with van der Waals surface area (Å²) in [6.07, 6.45) is 1.83. The molecule has 2 aromatic heterocycles. The van der Waals surface area contributed by atoms with E-state index in [-0.39, 0.29) is 0 Å². The van der Waals surface area contributed by atoms with Gasteiger partial charge in [0.25, 0.3) is 0 Å². The highest BCUT2D eigenvalue weighted by Gasteiger charge is 2.10. The smallest absolute Gasteiger partial charge is 0.123 e. The average Bonchev–Trinajstić information content (AvgIpc) is 2.74. The zero-order chi connectivity index (χ0) is 13.1. The molecule has 0 aliphatic rings. The minimum atomic E-state index is 0.462. The molecule has 18 heavy (non-hydrogen) atoms. The van der Waals surface area contributed by atoms with Gasteiger partial charge in [-0.2, -0.15) is 0 Å². The second kappa shape index (κ2) is 5.44. The number of furan rings is 1. The largest absolute Gasteiger partial charge is 0.464 e. The fraction of sp³-hybridized carbons (Fsp3) is 0.357. The Morgan fingerprint density at radius 2 is 2.11 bits per heavy atom. The number of hydrogen-bond acceptors (Lipinski definition) is 3. The van der Waals surface area contributed by atoms with Crippen LogP contribution < -0.4 is 4.90 Å². The summed E-state index contributed by atoms with van der Waals surface area (Å²) in [7, 11) is 2.03. The highest BCUT2D eigenvalue weighted by Crippen LogP contribution is 2.23. The Kier molecular flexibility index (Phi) is 3.92. The van der Waals surface area contributed by atoms with Crippen LogP contribution in [-0.4, -0.2) is 12.0 Å². The fourth-order valence-corrected chi connectivity index (χ4v) is 2.13. The predicted octanol–water partition coefficient (Wildman–Crippen LogP) is 3.67. The van der Waals surface area contributed by atoms with Crippen LogP contribution in [0.4, 0.5) is 5.69 Å². The molecule has 0 N–H and O–H groups in total. The van der Waals surface area contributed by atoms with E-state index in [4.69, 9.17) is 16.0 Å². The van der Waals surface area contributed by atoms with Crippen LogP contribution in [0.2, 0.25) is 0 Å². The van der Waals surface area contributed by atoms with Crippen LogP contribution in [0.3, 0.4) is 0 Å². The molecule has 2 heterocycles. The molecule has 0 saturated heterocycles. The lowest BCUT2D eigenvalue weighted by Gasteiger charge is -2.21. The van der Waals surface area contributed by atoms with E-state index in [1.165, 1.54) is 0 Å². The zero-order valence-electron chi connectivity index (χ0n) is 10.9. The van der Waals surface area contributed by atoms with Crippen molar-refractivity contribution in [1.82, 2.24) is 4.98 Å². The molecule has 0 aromatic carbocycles. The third-order valence-corrected chi connectivity index (χ3v) is 3.13. The number of pyridine rings is 1. The summed E-state index contributed by atoms with van der Waals surface area (Å²) < 4.78 is 5.59. The van der Waals surface area contributed by atoms with Crippen LogP contribution in [0.25, 0.3) is 0 Å². The Balaban J connectivity index is 2.22. The summed E-state index contributed by atoms with van der Waals surface area (Å²) in [5.41, 5.74) is 3.13. The van der Waals surface area contributed by atoms with E-state index in [2.05, 4.69) is 9.88 Å². The van der Waals surface area contributed by atoms with E-state index in [9.17, 15) is 0 Å². The molecule has 96 valence electrons. The number of halogens is 1. The van der Waals surface area contributed by atoms with Gasteiger partial charge in [0.05, 0.1) is 12.4 Å². The van der Waals surface area contributed by atoms with Gasteiger partial charge in [0, 0.05) is 30.2 Å². The van der Waals surface area contributed by atoms with Crippen LogP contribution in [0.5, 0.6) is 0 Å². The number of anilines is 1. The molecule has 0 spiro atoms. The van der Waals surface area contributed by atoms with Gasteiger partial charge in [-0.1, -0.05) is 0 Å². The molecule has 0 bridgehead atoms. The van der Waals surface area contributed by atoms with Crippen molar-refractivity contribution in [2.24, 2.45) is 0 Å². The van der Waals surface area contributed by atoms with Crippen molar-refractivity contribution in [2.45, 2.75) is 26.3 Å². The average molecular weight is 265 g/mol. The minimum absolute atomic E-state index is 0.462. The van der Waals surface area contributed by atoms with Crippen LogP contribution in [-0.2, 0) is 12.4 Å². The molecule has 0 atom stereocenters. The summed E-state index contributed by atoms with van der Waals surface area (Å²) in [6, 6.07) is 6.02. The molecule has 3 nitrogen and oxygen atoms in total. The molecule has 0 amide bonds. The molecule has 0 aliphatic heterocycles. The molecule has 4 heteroatoms. The Labute approximate surface area is 112 Å². The second-order valence-corrected chi connectivity index (χ2v) is 4.72. The van der Waals surface area contributed by atoms with Crippen molar-refractivity contribution in [3.05, 3.63) is 47.2 Å². The molecule has 2 aromatic rings. The third-order valence-electron chi connectivity index (χ3n) is 2.84. The van der Waals surface area contributed by atoms with Crippen molar-refractivity contribution in [2.75, 3.05) is 11.9 Å². The highest BCUT2D eigenvalue weighted by molar-refractivity contribution is 6.17. The molecule has 2 rings (SSSR count). The van der Waals surface area contributed by atoms with E-state index in [0.29, 0.717) is 5.88 Å².